The molecule has 0 saturated carbocycles. The molecule has 0 aromatic rings. The molecule has 0 saturated heterocycles. The Morgan fingerprint density at radius 2 is 1.50 bits per heavy atom. The Bertz CT molecular complexity index is 177. The van der Waals surface area contributed by atoms with Gasteiger partial charge in [-0.05, 0) is 25.7 Å². The lowest BCUT2D eigenvalue weighted by Crippen LogP contribution is -2.05. The minimum atomic E-state index is -0.136. The van der Waals surface area contributed by atoms with Crippen molar-refractivity contribution in [3.05, 3.63) is 0 Å². The Morgan fingerprint density at radius 1 is 0.875 bits per heavy atom. The molecule has 0 unspecified atom stereocenters. The van der Waals surface area contributed by atoms with Gasteiger partial charge in [0, 0.05) is 19.3 Å². The average Bonchev–Trinajstić information content (AvgIpc) is 2.29. The number of rotatable bonds is 10. The highest BCUT2D eigenvalue weighted by molar-refractivity contribution is 5.78. The molecule has 0 heterocycles. The first kappa shape index (κ1) is 15.1. The van der Waals surface area contributed by atoms with Gasteiger partial charge in [0.05, 0.1) is 6.61 Å². The van der Waals surface area contributed by atoms with Crippen molar-refractivity contribution in [2.24, 2.45) is 0 Å². The molecule has 0 bridgehead atoms. The van der Waals surface area contributed by atoms with Crippen molar-refractivity contribution >= 4 is 11.8 Å². The van der Waals surface area contributed by atoms with E-state index in [1.165, 1.54) is 0 Å². The first-order valence-corrected chi connectivity index (χ1v) is 6.38. The van der Waals surface area contributed by atoms with Crippen molar-refractivity contribution in [2.45, 2.75) is 65.2 Å². The van der Waals surface area contributed by atoms with Gasteiger partial charge in [0.1, 0.15) is 5.78 Å². The number of ether oxygens (including phenoxy) is 1. The molecule has 0 aliphatic rings. The molecular weight excluding hydrogens is 204 g/mol. The number of esters is 1. The van der Waals surface area contributed by atoms with Crippen molar-refractivity contribution in [3.63, 3.8) is 0 Å². The third kappa shape index (κ3) is 9.69. The molecule has 0 radical (unpaired) electrons. The fraction of sp³-hybridized carbons (Fsp3) is 0.846. The molecule has 0 aromatic heterocycles. The smallest absolute Gasteiger partial charge is 0.305 e. The van der Waals surface area contributed by atoms with E-state index in [0.29, 0.717) is 31.7 Å². The van der Waals surface area contributed by atoms with Crippen molar-refractivity contribution in [2.75, 3.05) is 6.61 Å². The van der Waals surface area contributed by atoms with Crippen LogP contribution in [0, 0.1) is 0 Å². The molecule has 0 spiro atoms. The number of carbonyl (C=O) groups is 2. The van der Waals surface area contributed by atoms with Crippen LogP contribution in [-0.2, 0) is 14.3 Å². The maximum atomic E-state index is 11.3. The fourth-order valence-corrected chi connectivity index (χ4v) is 1.38. The molecule has 3 heteroatoms. The van der Waals surface area contributed by atoms with E-state index in [0.717, 1.165) is 32.1 Å². The number of unbranched alkanes of at least 4 members (excludes halogenated alkanes) is 2. The summed E-state index contributed by atoms with van der Waals surface area (Å²) < 4.78 is 4.94. The quantitative estimate of drug-likeness (QED) is 0.426. The highest BCUT2D eigenvalue weighted by atomic mass is 16.5. The topological polar surface area (TPSA) is 43.4 Å². The summed E-state index contributed by atoms with van der Waals surface area (Å²) in [5, 5.41) is 0. The van der Waals surface area contributed by atoms with Crippen LogP contribution < -0.4 is 0 Å². The molecule has 0 atom stereocenters. The predicted molar refractivity (Wildman–Crippen MR) is 64.3 cm³/mol. The second kappa shape index (κ2) is 10.7. The minimum Gasteiger partial charge on any atom is -0.466 e. The third-order valence-electron chi connectivity index (χ3n) is 2.36. The van der Waals surface area contributed by atoms with Gasteiger partial charge in [-0.3, -0.25) is 9.59 Å². The summed E-state index contributed by atoms with van der Waals surface area (Å²) in [6, 6.07) is 0. The maximum absolute atomic E-state index is 11.3. The summed E-state index contributed by atoms with van der Waals surface area (Å²) in [4.78, 5) is 22.4. The number of Topliss-reactive ketones (excluding diaryl/α,β-unsaturated/α-hetero) is 1. The normalized spacial score (nSPS) is 10.1. The van der Waals surface area contributed by atoms with Gasteiger partial charge in [0.15, 0.2) is 0 Å². The van der Waals surface area contributed by atoms with Crippen LogP contribution in [0.15, 0.2) is 0 Å². The van der Waals surface area contributed by atoms with Crippen molar-refractivity contribution in [3.8, 4) is 0 Å². The summed E-state index contributed by atoms with van der Waals surface area (Å²) in [6.45, 7) is 4.56. The largest absolute Gasteiger partial charge is 0.466 e. The molecule has 3 nitrogen and oxygen atoms in total. The van der Waals surface area contributed by atoms with Crippen LogP contribution in [0.5, 0.6) is 0 Å². The van der Waals surface area contributed by atoms with Crippen LogP contribution in [0.3, 0.4) is 0 Å². The van der Waals surface area contributed by atoms with Crippen LogP contribution in [0.1, 0.15) is 65.2 Å². The maximum Gasteiger partial charge on any atom is 0.305 e. The lowest BCUT2D eigenvalue weighted by molar-refractivity contribution is -0.143. The van der Waals surface area contributed by atoms with Crippen LogP contribution in [0.4, 0.5) is 0 Å². The Balaban J connectivity index is 3.31. The second-order valence-corrected chi connectivity index (χ2v) is 4.07. The lowest BCUT2D eigenvalue weighted by atomic mass is 10.1. The van der Waals surface area contributed by atoms with Gasteiger partial charge in [0.25, 0.3) is 0 Å². The Hall–Kier alpha value is -0.860. The molecule has 0 amide bonds. The zero-order chi connectivity index (χ0) is 12.2. The van der Waals surface area contributed by atoms with Crippen molar-refractivity contribution in [1.29, 1.82) is 0 Å². The molecule has 0 fully saturated rings. The van der Waals surface area contributed by atoms with Gasteiger partial charge in [-0.15, -0.1) is 0 Å². The van der Waals surface area contributed by atoms with Gasteiger partial charge in [-0.25, -0.2) is 0 Å². The highest BCUT2D eigenvalue weighted by Crippen LogP contribution is 2.06. The molecular formula is C13H24O3. The first-order valence-electron chi connectivity index (χ1n) is 6.38. The molecule has 0 rings (SSSR count). The number of hydrogen-bond acceptors (Lipinski definition) is 3. The molecule has 0 aliphatic carbocycles. The molecule has 0 aliphatic heterocycles. The van der Waals surface area contributed by atoms with E-state index in [4.69, 9.17) is 4.74 Å². The van der Waals surface area contributed by atoms with E-state index >= 15 is 0 Å². The van der Waals surface area contributed by atoms with E-state index in [1.54, 1.807) is 0 Å². The molecule has 16 heavy (non-hydrogen) atoms. The van der Waals surface area contributed by atoms with Crippen LogP contribution >= 0.6 is 0 Å². The van der Waals surface area contributed by atoms with E-state index in [2.05, 4.69) is 6.92 Å². The van der Waals surface area contributed by atoms with Crippen molar-refractivity contribution < 1.29 is 14.3 Å². The fourth-order valence-electron chi connectivity index (χ4n) is 1.38. The average molecular weight is 228 g/mol. The summed E-state index contributed by atoms with van der Waals surface area (Å²) in [7, 11) is 0. The van der Waals surface area contributed by atoms with Crippen LogP contribution in [0.25, 0.3) is 0 Å². The SMILES string of the molecule is CCCCC(=O)CCCCC(=O)OCCC. The Labute approximate surface area is 98.6 Å². The number of carbonyl (C=O) groups excluding carboxylic acids is 2. The van der Waals surface area contributed by atoms with Gasteiger partial charge in [-0.1, -0.05) is 20.3 Å². The monoisotopic (exact) mass is 228 g/mol. The van der Waals surface area contributed by atoms with E-state index < -0.39 is 0 Å². The Morgan fingerprint density at radius 3 is 2.12 bits per heavy atom. The molecule has 94 valence electrons. The van der Waals surface area contributed by atoms with Gasteiger partial charge >= 0.3 is 5.97 Å². The third-order valence-corrected chi connectivity index (χ3v) is 2.36. The second-order valence-electron chi connectivity index (χ2n) is 4.07. The summed E-state index contributed by atoms with van der Waals surface area (Å²) in [5.41, 5.74) is 0. The zero-order valence-electron chi connectivity index (χ0n) is 10.6. The minimum absolute atomic E-state index is 0.136. The van der Waals surface area contributed by atoms with Crippen LogP contribution in [0.2, 0.25) is 0 Å². The summed E-state index contributed by atoms with van der Waals surface area (Å²) in [6.07, 6.45) is 6.23. The number of ketones is 1. The molecule has 0 N–H and O–H groups in total. The highest BCUT2D eigenvalue weighted by Gasteiger charge is 2.04. The van der Waals surface area contributed by atoms with Crippen molar-refractivity contribution in [1.82, 2.24) is 0 Å². The van der Waals surface area contributed by atoms with E-state index in [9.17, 15) is 9.59 Å². The first-order chi connectivity index (χ1) is 7.70. The zero-order valence-corrected chi connectivity index (χ0v) is 10.6. The van der Waals surface area contributed by atoms with Gasteiger partial charge in [0.2, 0.25) is 0 Å². The predicted octanol–water partition coefficient (Wildman–Crippen LogP) is 3.26. The van der Waals surface area contributed by atoms with Gasteiger partial charge in [-0.2, -0.15) is 0 Å². The van der Waals surface area contributed by atoms with E-state index in [-0.39, 0.29) is 5.97 Å². The van der Waals surface area contributed by atoms with Gasteiger partial charge < -0.3 is 4.74 Å². The number of hydrogen-bond donors (Lipinski definition) is 0. The Kier molecular flexibility index (Phi) is 10.1. The summed E-state index contributed by atoms with van der Waals surface area (Å²) in [5.74, 6) is 0.187. The van der Waals surface area contributed by atoms with Crippen LogP contribution in [-0.4, -0.2) is 18.4 Å². The molecule has 0 aromatic carbocycles. The standard InChI is InChI=1S/C13H24O3/c1-3-5-8-12(14)9-6-7-10-13(15)16-11-4-2/h3-11H2,1-2H3. The van der Waals surface area contributed by atoms with E-state index in [1.807, 2.05) is 6.92 Å². The summed E-state index contributed by atoms with van der Waals surface area (Å²) >= 11 is 0. The lowest BCUT2D eigenvalue weighted by Gasteiger charge is -2.02.